The third-order valence-electron chi connectivity index (χ3n) is 4.36. The van der Waals surface area contributed by atoms with E-state index in [2.05, 4.69) is 5.32 Å². The molecule has 2 atom stereocenters. The Labute approximate surface area is 181 Å². The first kappa shape index (κ1) is 23.7. The number of ether oxygens (including phenoxy) is 3. The maximum absolute atomic E-state index is 12.6. The van der Waals surface area contributed by atoms with Gasteiger partial charge >= 0.3 is 6.09 Å². The second-order valence-corrected chi connectivity index (χ2v) is 8.67. The van der Waals surface area contributed by atoms with E-state index in [1.807, 2.05) is 26.8 Å². The average Bonchev–Trinajstić information content (AvgIpc) is 2.84. The number of halogens is 2. The number of nitrogens with one attached hydrogen (secondary N) is 1. The molecule has 0 aliphatic carbocycles. The van der Waals surface area contributed by atoms with Gasteiger partial charge in [-0.2, -0.15) is 0 Å². The van der Waals surface area contributed by atoms with Crippen molar-refractivity contribution in [3.63, 3.8) is 0 Å². The number of carbonyl (C=O) groups is 2. The first-order valence-electron chi connectivity index (χ1n) is 9.41. The van der Waals surface area contributed by atoms with E-state index in [1.54, 1.807) is 17.0 Å². The van der Waals surface area contributed by atoms with E-state index in [4.69, 9.17) is 37.4 Å². The van der Waals surface area contributed by atoms with E-state index < -0.39 is 11.7 Å². The third kappa shape index (κ3) is 7.33. The second-order valence-electron chi connectivity index (χ2n) is 7.85. The van der Waals surface area contributed by atoms with Gasteiger partial charge in [-0.05, 0) is 38.5 Å². The molecule has 1 aliphatic heterocycles. The van der Waals surface area contributed by atoms with Crippen molar-refractivity contribution < 1.29 is 23.8 Å². The molecule has 9 heteroatoms. The molecule has 0 bridgehead atoms. The van der Waals surface area contributed by atoms with Crippen molar-refractivity contribution in [1.29, 1.82) is 0 Å². The Balaban J connectivity index is 2.24. The SMILES string of the molecule is COCC(=O)NC[C@@H]1OCCN(C(=O)OC(C)(C)C)C[C@H]1c1ccc(Cl)c(Cl)c1. The van der Waals surface area contributed by atoms with E-state index in [0.717, 1.165) is 5.56 Å². The lowest BCUT2D eigenvalue weighted by Crippen LogP contribution is -2.42. The Morgan fingerprint density at radius 1 is 1.28 bits per heavy atom. The van der Waals surface area contributed by atoms with Gasteiger partial charge < -0.3 is 24.4 Å². The van der Waals surface area contributed by atoms with Gasteiger partial charge in [-0.15, -0.1) is 0 Å². The fourth-order valence-electron chi connectivity index (χ4n) is 3.03. The van der Waals surface area contributed by atoms with E-state index in [-0.39, 0.29) is 31.1 Å². The van der Waals surface area contributed by atoms with Gasteiger partial charge in [0.15, 0.2) is 0 Å². The lowest BCUT2D eigenvalue weighted by atomic mass is 9.92. The van der Waals surface area contributed by atoms with Crippen LogP contribution in [-0.4, -0.2) is 68.6 Å². The molecule has 1 fully saturated rings. The van der Waals surface area contributed by atoms with Crippen molar-refractivity contribution in [2.45, 2.75) is 38.4 Å². The topological polar surface area (TPSA) is 77.1 Å². The number of methoxy groups -OCH3 is 1. The van der Waals surface area contributed by atoms with Crippen LogP contribution in [0, 0.1) is 0 Å². The van der Waals surface area contributed by atoms with Crippen LogP contribution in [0.1, 0.15) is 32.3 Å². The Morgan fingerprint density at radius 2 is 2.00 bits per heavy atom. The summed E-state index contributed by atoms with van der Waals surface area (Å²) in [4.78, 5) is 26.1. The standard InChI is InChI=1S/C20H28Cl2N2O5/c1-20(2,3)29-19(26)24-7-8-28-17(10-23-18(25)12-27-4)14(11-24)13-5-6-15(21)16(22)9-13/h5-6,9,14,17H,7-8,10-12H2,1-4H3,(H,23,25)/t14-,17-/m0/s1. The molecule has 1 aliphatic rings. The molecular formula is C20H28Cl2N2O5. The average molecular weight is 447 g/mol. The van der Waals surface area contributed by atoms with Crippen LogP contribution in [0.4, 0.5) is 4.79 Å². The zero-order chi connectivity index (χ0) is 21.6. The highest BCUT2D eigenvalue weighted by Crippen LogP contribution is 2.31. The monoisotopic (exact) mass is 446 g/mol. The Hall–Kier alpha value is -1.54. The van der Waals surface area contributed by atoms with Crippen molar-refractivity contribution in [3.8, 4) is 0 Å². The highest BCUT2D eigenvalue weighted by atomic mass is 35.5. The number of hydrogen-bond acceptors (Lipinski definition) is 5. The van der Waals surface area contributed by atoms with Crippen LogP contribution >= 0.6 is 23.2 Å². The van der Waals surface area contributed by atoms with E-state index in [9.17, 15) is 9.59 Å². The molecular weight excluding hydrogens is 419 g/mol. The summed E-state index contributed by atoms with van der Waals surface area (Å²) >= 11 is 12.3. The first-order chi connectivity index (χ1) is 13.6. The lowest BCUT2D eigenvalue weighted by Gasteiger charge is -2.30. The fraction of sp³-hybridized carbons (Fsp3) is 0.600. The molecule has 0 spiro atoms. The number of nitrogens with zero attached hydrogens (tertiary/aromatic N) is 1. The minimum atomic E-state index is -0.600. The predicted molar refractivity (Wildman–Crippen MR) is 112 cm³/mol. The minimum absolute atomic E-state index is 0.0335. The normalized spacial score (nSPS) is 20.1. The van der Waals surface area contributed by atoms with Crippen molar-refractivity contribution >= 4 is 35.2 Å². The summed E-state index contributed by atoms with van der Waals surface area (Å²) in [6.45, 7) is 6.77. The molecule has 29 heavy (non-hydrogen) atoms. The molecule has 7 nitrogen and oxygen atoms in total. The molecule has 2 rings (SSSR count). The Bertz CT molecular complexity index is 723. The molecule has 1 aromatic rings. The molecule has 0 radical (unpaired) electrons. The summed E-state index contributed by atoms with van der Waals surface area (Å²) < 4.78 is 16.4. The first-order valence-corrected chi connectivity index (χ1v) is 10.2. The Morgan fingerprint density at radius 3 is 2.62 bits per heavy atom. The van der Waals surface area contributed by atoms with Gasteiger partial charge in [-0.3, -0.25) is 4.79 Å². The minimum Gasteiger partial charge on any atom is -0.444 e. The second kappa shape index (κ2) is 10.5. The molecule has 0 saturated carbocycles. The van der Waals surface area contributed by atoms with E-state index in [1.165, 1.54) is 7.11 Å². The van der Waals surface area contributed by atoms with Crippen LogP contribution in [0.3, 0.4) is 0 Å². The molecule has 162 valence electrons. The summed E-state index contributed by atoms with van der Waals surface area (Å²) in [5.74, 6) is -0.472. The third-order valence-corrected chi connectivity index (χ3v) is 5.10. The highest BCUT2D eigenvalue weighted by molar-refractivity contribution is 6.42. The molecule has 1 N–H and O–H groups in total. The number of carbonyl (C=O) groups excluding carboxylic acids is 2. The largest absolute Gasteiger partial charge is 0.444 e. The molecule has 0 aromatic heterocycles. The summed E-state index contributed by atoms with van der Waals surface area (Å²) in [7, 11) is 1.46. The quantitative estimate of drug-likeness (QED) is 0.748. The van der Waals surface area contributed by atoms with Crippen molar-refractivity contribution in [1.82, 2.24) is 10.2 Å². The maximum atomic E-state index is 12.6. The van der Waals surface area contributed by atoms with Gasteiger partial charge in [0.2, 0.25) is 5.91 Å². The summed E-state index contributed by atoms with van der Waals surface area (Å²) in [5.41, 5.74) is 0.262. The van der Waals surface area contributed by atoms with Crippen molar-refractivity contribution in [2.75, 3.05) is 40.0 Å². The summed E-state index contributed by atoms with van der Waals surface area (Å²) in [6.07, 6.45) is -0.768. The molecule has 2 amide bonds. The number of amides is 2. The lowest BCUT2D eigenvalue weighted by molar-refractivity contribution is -0.125. The van der Waals surface area contributed by atoms with E-state index in [0.29, 0.717) is 29.7 Å². The summed E-state index contributed by atoms with van der Waals surface area (Å²) in [6, 6.07) is 5.33. The van der Waals surface area contributed by atoms with Gasteiger partial charge in [0.25, 0.3) is 0 Å². The summed E-state index contributed by atoms with van der Waals surface area (Å²) in [5, 5.41) is 3.67. The zero-order valence-corrected chi connectivity index (χ0v) is 18.7. The van der Waals surface area contributed by atoms with Gasteiger partial charge in [0.05, 0.1) is 22.8 Å². The van der Waals surface area contributed by atoms with Crippen LogP contribution < -0.4 is 5.32 Å². The van der Waals surface area contributed by atoms with E-state index >= 15 is 0 Å². The molecule has 1 saturated heterocycles. The van der Waals surface area contributed by atoms with Crippen LogP contribution in [0.2, 0.25) is 10.0 Å². The smallest absolute Gasteiger partial charge is 0.410 e. The van der Waals surface area contributed by atoms with Crippen LogP contribution in [0.15, 0.2) is 18.2 Å². The number of rotatable bonds is 5. The molecule has 0 unspecified atom stereocenters. The van der Waals surface area contributed by atoms with Gasteiger partial charge in [0.1, 0.15) is 12.2 Å². The zero-order valence-electron chi connectivity index (χ0n) is 17.2. The highest BCUT2D eigenvalue weighted by Gasteiger charge is 2.33. The molecule has 1 heterocycles. The predicted octanol–water partition coefficient (Wildman–Crippen LogP) is 3.48. The van der Waals surface area contributed by atoms with Crippen molar-refractivity contribution in [2.24, 2.45) is 0 Å². The van der Waals surface area contributed by atoms with Crippen LogP contribution in [0.25, 0.3) is 0 Å². The Kier molecular flexibility index (Phi) is 8.58. The number of hydrogen-bond donors (Lipinski definition) is 1. The van der Waals surface area contributed by atoms with Crippen LogP contribution in [-0.2, 0) is 19.0 Å². The van der Waals surface area contributed by atoms with Gasteiger partial charge in [-0.25, -0.2) is 4.79 Å². The van der Waals surface area contributed by atoms with Crippen molar-refractivity contribution in [3.05, 3.63) is 33.8 Å². The maximum Gasteiger partial charge on any atom is 0.410 e. The van der Waals surface area contributed by atoms with Gasteiger partial charge in [0, 0.05) is 32.7 Å². The number of benzene rings is 1. The molecule has 1 aromatic carbocycles. The van der Waals surface area contributed by atoms with Gasteiger partial charge in [-0.1, -0.05) is 29.3 Å². The van der Waals surface area contributed by atoms with Crippen LogP contribution in [0.5, 0.6) is 0 Å². The fourth-order valence-corrected chi connectivity index (χ4v) is 3.34.